The van der Waals surface area contributed by atoms with Crippen molar-refractivity contribution in [3.05, 3.63) is 35.4 Å². The van der Waals surface area contributed by atoms with Crippen molar-refractivity contribution in [1.29, 1.82) is 0 Å². The molecule has 0 spiro atoms. The Labute approximate surface area is 139 Å². The molecule has 1 saturated heterocycles. The molecule has 1 aliphatic heterocycles. The molecule has 2 rings (SSSR count). The van der Waals surface area contributed by atoms with E-state index in [0.29, 0.717) is 31.6 Å². The molecule has 3 N–H and O–H groups in total. The van der Waals surface area contributed by atoms with Gasteiger partial charge < -0.3 is 15.8 Å². The number of nitrogens with two attached hydrogens (primary N) is 1. The number of benzene rings is 1. The summed E-state index contributed by atoms with van der Waals surface area (Å²) >= 11 is 0. The quantitative estimate of drug-likeness (QED) is 0.879. The smallest absolute Gasteiger partial charge is 0.381 e. The monoisotopic (exact) mass is 352 g/mol. The van der Waals surface area contributed by atoms with E-state index in [9.17, 15) is 18.0 Å². The van der Waals surface area contributed by atoms with E-state index >= 15 is 0 Å². The number of ether oxygens (including phenoxy) is 1. The molecule has 0 aromatic heterocycles. The van der Waals surface area contributed by atoms with Crippen molar-refractivity contribution >= 4 is 18.3 Å². The van der Waals surface area contributed by atoms with Gasteiger partial charge in [-0.1, -0.05) is 12.1 Å². The third kappa shape index (κ3) is 4.83. The summed E-state index contributed by atoms with van der Waals surface area (Å²) in [6.45, 7) is 2.57. The van der Waals surface area contributed by atoms with Gasteiger partial charge in [-0.2, -0.15) is 13.2 Å². The lowest BCUT2D eigenvalue weighted by molar-refractivity contribution is -0.137. The summed E-state index contributed by atoms with van der Waals surface area (Å²) in [5.74, 6) is -0.303. The van der Waals surface area contributed by atoms with Crippen LogP contribution in [0.15, 0.2) is 24.3 Å². The maximum absolute atomic E-state index is 12.5. The minimum atomic E-state index is -4.37. The van der Waals surface area contributed by atoms with Crippen LogP contribution in [0.2, 0.25) is 0 Å². The number of amides is 1. The topological polar surface area (TPSA) is 64.4 Å². The Balaban J connectivity index is 0.00000264. The number of alkyl halides is 3. The minimum Gasteiger partial charge on any atom is -0.381 e. The van der Waals surface area contributed by atoms with Crippen LogP contribution in [0.1, 0.15) is 36.9 Å². The summed E-state index contributed by atoms with van der Waals surface area (Å²) in [6, 6.07) is 4.31. The molecule has 0 saturated carbocycles. The van der Waals surface area contributed by atoms with Crippen molar-refractivity contribution in [2.24, 2.45) is 5.73 Å². The van der Waals surface area contributed by atoms with E-state index < -0.39 is 23.3 Å². The lowest BCUT2D eigenvalue weighted by Crippen LogP contribution is -2.57. The molecular weight excluding hydrogens is 333 g/mol. The molecule has 130 valence electrons. The van der Waals surface area contributed by atoms with Crippen LogP contribution in [0.3, 0.4) is 0 Å². The molecule has 0 aliphatic carbocycles. The van der Waals surface area contributed by atoms with Crippen molar-refractivity contribution in [3.8, 4) is 0 Å². The van der Waals surface area contributed by atoms with E-state index in [0.717, 1.165) is 12.1 Å². The molecule has 0 radical (unpaired) electrons. The molecule has 1 aromatic rings. The van der Waals surface area contributed by atoms with E-state index in [1.807, 2.05) is 0 Å². The molecule has 8 heteroatoms. The Morgan fingerprint density at radius 1 is 1.26 bits per heavy atom. The second kappa shape index (κ2) is 7.51. The number of nitrogens with one attached hydrogen (secondary N) is 1. The standard InChI is InChI=1S/C15H19F3N2O2.ClH/c1-10(11-2-4-12(5-3-11)15(16,17)18)20-13(21)14(19)6-8-22-9-7-14;/h2-5,10H,6-9,19H2,1H3,(H,20,21);1H. The van der Waals surface area contributed by atoms with E-state index in [2.05, 4.69) is 5.32 Å². The van der Waals surface area contributed by atoms with Crippen molar-refractivity contribution in [2.45, 2.75) is 37.5 Å². The fourth-order valence-corrected chi connectivity index (χ4v) is 2.35. The highest BCUT2D eigenvalue weighted by Gasteiger charge is 2.36. The van der Waals surface area contributed by atoms with E-state index in [-0.39, 0.29) is 18.3 Å². The number of hydrogen-bond donors (Lipinski definition) is 2. The lowest BCUT2D eigenvalue weighted by Gasteiger charge is -2.33. The molecular formula is C15H20ClF3N2O2. The van der Waals surface area contributed by atoms with E-state index in [1.165, 1.54) is 12.1 Å². The van der Waals surface area contributed by atoms with Crippen LogP contribution in [0.25, 0.3) is 0 Å². The first-order valence-corrected chi connectivity index (χ1v) is 7.07. The zero-order chi connectivity index (χ0) is 16.4. The molecule has 1 unspecified atom stereocenters. The first kappa shape index (κ1) is 19.7. The third-order valence-electron chi connectivity index (χ3n) is 3.92. The minimum absolute atomic E-state index is 0. The fourth-order valence-electron chi connectivity index (χ4n) is 2.35. The highest BCUT2D eigenvalue weighted by atomic mass is 35.5. The van der Waals surface area contributed by atoms with Gasteiger partial charge in [0, 0.05) is 13.2 Å². The fraction of sp³-hybridized carbons (Fsp3) is 0.533. The first-order valence-electron chi connectivity index (χ1n) is 7.07. The van der Waals surface area contributed by atoms with Crippen molar-refractivity contribution in [2.75, 3.05) is 13.2 Å². The molecule has 1 aliphatic rings. The summed E-state index contributed by atoms with van der Waals surface area (Å²) in [5, 5.41) is 2.76. The van der Waals surface area contributed by atoms with Crippen LogP contribution >= 0.6 is 12.4 Å². The molecule has 1 amide bonds. The number of halogens is 4. The number of carbonyl (C=O) groups excluding carboxylic acids is 1. The van der Waals surface area contributed by atoms with Gasteiger partial charge in [0.1, 0.15) is 0 Å². The van der Waals surface area contributed by atoms with Gasteiger partial charge in [0.25, 0.3) is 0 Å². The summed E-state index contributed by atoms with van der Waals surface area (Å²) < 4.78 is 42.8. The van der Waals surface area contributed by atoms with Gasteiger partial charge in [0.2, 0.25) is 5.91 Å². The van der Waals surface area contributed by atoms with Crippen LogP contribution in [-0.4, -0.2) is 24.7 Å². The van der Waals surface area contributed by atoms with E-state index in [1.54, 1.807) is 6.92 Å². The van der Waals surface area contributed by atoms with Gasteiger partial charge in [-0.25, -0.2) is 0 Å². The molecule has 1 atom stereocenters. The van der Waals surface area contributed by atoms with Gasteiger partial charge in [-0.15, -0.1) is 12.4 Å². The molecule has 1 fully saturated rings. The zero-order valence-electron chi connectivity index (χ0n) is 12.7. The Morgan fingerprint density at radius 2 is 1.78 bits per heavy atom. The van der Waals surface area contributed by atoms with Crippen molar-refractivity contribution in [1.82, 2.24) is 5.32 Å². The van der Waals surface area contributed by atoms with Crippen LogP contribution < -0.4 is 11.1 Å². The number of rotatable bonds is 3. The second-order valence-electron chi connectivity index (χ2n) is 5.58. The highest BCUT2D eigenvalue weighted by Crippen LogP contribution is 2.30. The summed E-state index contributed by atoms with van der Waals surface area (Å²) in [7, 11) is 0. The van der Waals surface area contributed by atoms with Gasteiger partial charge in [-0.05, 0) is 37.5 Å². The SMILES string of the molecule is CC(NC(=O)C1(N)CCOCC1)c1ccc(C(F)(F)F)cc1.Cl. The Kier molecular flexibility index (Phi) is 6.44. The summed E-state index contributed by atoms with van der Waals surface area (Å²) in [4.78, 5) is 12.3. The lowest BCUT2D eigenvalue weighted by atomic mass is 9.90. The molecule has 1 heterocycles. The summed E-state index contributed by atoms with van der Waals surface area (Å²) in [5.41, 5.74) is 4.98. The second-order valence-corrected chi connectivity index (χ2v) is 5.58. The van der Waals surface area contributed by atoms with Gasteiger partial charge >= 0.3 is 6.18 Å². The normalized spacial score (nSPS) is 18.7. The van der Waals surface area contributed by atoms with Gasteiger partial charge in [0.05, 0.1) is 17.1 Å². The van der Waals surface area contributed by atoms with Crippen LogP contribution in [-0.2, 0) is 15.7 Å². The average Bonchev–Trinajstić information content (AvgIpc) is 2.47. The van der Waals surface area contributed by atoms with Crippen molar-refractivity contribution in [3.63, 3.8) is 0 Å². The maximum Gasteiger partial charge on any atom is 0.416 e. The first-order chi connectivity index (χ1) is 10.2. The molecule has 1 aromatic carbocycles. The third-order valence-corrected chi connectivity index (χ3v) is 3.92. The Bertz CT molecular complexity index is 529. The maximum atomic E-state index is 12.5. The largest absolute Gasteiger partial charge is 0.416 e. The Morgan fingerprint density at radius 3 is 2.26 bits per heavy atom. The van der Waals surface area contributed by atoms with Crippen LogP contribution in [0.4, 0.5) is 13.2 Å². The predicted molar refractivity (Wildman–Crippen MR) is 82.2 cm³/mol. The summed E-state index contributed by atoms with van der Waals surface area (Å²) in [6.07, 6.45) is -3.51. The Hall–Kier alpha value is -1.31. The van der Waals surface area contributed by atoms with Crippen LogP contribution in [0.5, 0.6) is 0 Å². The van der Waals surface area contributed by atoms with E-state index in [4.69, 9.17) is 10.5 Å². The van der Waals surface area contributed by atoms with Crippen molar-refractivity contribution < 1.29 is 22.7 Å². The van der Waals surface area contributed by atoms with Gasteiger partial charge in [0.15, 0.2) is 0 Å². The number of hydrogen-bond acceptors (Lipinski definition) is 3. The number of carbonyl (C=O) groups is 1. The molecule has 0 bridgehead atoms. The molecule has 23 heavy (non-hydrogen) atoms. The molecule has 4 nitrogen and oxygen atoms in total. The van der Waals surface area contributed by atoms with Crippen LogP contribution in [0, 0.1) is 0 Å². The zero-order valence-corrected chi connectivity index (χ0v) is 13.5. The average molecular weight is 353 g/mol. The predicted octanol–water partition coefficient (Wildman–Crippen LogP) is 2.81. The highest BCUT2D eigenvalue weighted by molar-refractivity contribution is 5.86. The van der Waals surface area contributed by atoms with Gasteiger partial charge in [-0.3, -0.25) is 4.79 Å².